The van der Waals surface area contributed by atoms with E-state index < -0.39 is 0 Å². The minimum Gasteiger partial charge on any atom is -0.496 e. The molecule has 0 fully saturated rings. The standard InChI is InChI=1S/C21H18ClN5O2S/c1-3-12-27-20(16-6-4-5-7-17(16)28-2)24-25-21(27)30-13-18-23-19(26-29-18)14-8-10-15(22)11-9-14/h3-11H,1,12-13H2,2H3. The SMILES string of the molecule is C=CCn1c(SCc2nc(-c3ccc(Cl)cc3)no2)nnc1-c1ccccc1OC. The van der Waals surface area contributed by atoms with Crippen LogP contribution in [-0.4, -0.2) is 32.0 Å². The van der Waals surface area contributed by atoms with E-state index in [0.29, 0.717) is 34.9 Å². The first kappa shape index (κ1) is 20.2. The van der Waals surface area contributed by atoms with Crippen LogP contribution >= 0.6 is 23.4 Å². The number of hydrogen-bond acceptors (Lipinski definition) is 7. The molecule has 2 heterocycles. The highest BCUT2D eigenvalue weighted by molar-refractivity contribution is 7.98. The zero-order chi connectivity index (χ0) is 20.9. The van der Waals surface area contributed by atoms with Crippen molar-refractivity contribution in [2.75, 3.05) is 7.11 Å². The molecular weight excluding hydrogens is 422 g/mol. The van der Waals surface area contributed by atoms with Gasteiger partial charge in [0.25, 0.3) is 0 Å². The van der Waals surface area contributed by atoms with Crippen molar-refractivity contribution in [2.45, 2.75) is 17.5 Å². The molecule has 9 heteroatoms. The Balaban J connectivity index is 1.55. The van der Waals surface area contributed by atoms with E-state index in [-0.39, 0.29) is 0 Å². The lowest BCUT2D eigenvalue weighted by atomic mass is 10.2. The summed E-state index contributed by atoms with van der Waals surface area (Å²) < 4.78 is 12.8. The van der Waals surface area contributed by atoms with Crippen molar-refractivity contribution >= 4 is 23.4 Å². The third-order valence-electron chi connectivity index (χ3n) is 4.27. The fraction of sp³-hybridized carbons (Fsp3) is 0.143. The molecule has 0 aliphatic heterocycles. The molecule has 0 saturated heterocycles. The second-order valence-electron chi connectivity index (χ2n) is 6.21. The summed E-state index contributed by atoms with van der Waals surface area (Å²) in [5.74, 6) is 2.92. The smallest absolute Gasteiger partial charge is 0.237 e. The van der Waals surface area contributed by atoms with Crippen molar-refractivity contribution in [1.29, 1.82) is 0 Å². The number of ether oxygens (including phenoxy) is 1. The number of benzene rings is 2. The van der Waals surface area contributed by atoms with Gasteiger partial charge in [-0.15, -0.1) is 16.8 Å². The second-order valence-corrected chi connectivity index (χ2v) is 7.59. The summed E-state index contributed by atoms with van der Waals surface area (Å²) in [6.45, 7) is 4.41. The van der Waals surface area contributed by atoms with Gasteiger partial charge in [0, 0.05) is 17.1 Å². The number of methoxy groups -OCH3 is 1. The molecule has 0 atom stereocenters. The summed E-state index contributed by atoms with van der Waals surface area (Å²) in [5, 5.41) is 14.1. The number of hydrogen-bond donors (Lipinski definition) is 0. The predicted molar refractivity (Wildman–Crippen MR) is 117 cm³/mol. The first-order valence-electron chi connectivity index (χ1n) is 9.08. The first-order valence-corrected chi connectivity index (χ1v) is 10.4. The van der Waals surface area contributed by atoms with Crippen LogP contribution in [0, 0.1) is 0 Å². The van der Waals surface area contributed by atoms with E-state index in [1.807, 2.05) is 41.0 Å². The van der Waals surface area contributed by atoms with E-state index in [4.69, 9.17) is 20.9 Å². The van der Waals surface area contributed by atoms with Crippen LogP contribution in [0.3, 0.4) is 0 Å². The van der Waals surface area contributed by atoms with Crippen LogP contribution in [0.25, 0.3) is 22.8 Å². The highest BCUT2D eigenvalue weighted by atomic mass is 35.5. The molecule has 0 aliphatic carbocycles. The monoisotopic (exact) mass is 439 g/mol. The van der Waals surface area contributed by atoms with Gasteiger partial charge in [0.05, 0.1) is 18.4 Å². The fourth-order valence-corrected chi connectivity index (χ4v) is 3.78. The molecule has 30 heavy (non-hydrogen) atoms. The van der Waals surface area contributed by atoms with Crippen LogP contribution in [0.5, 0.6) is 5.75 Å². The highest BCUT2D eigenvalue weighted by Crippen LogP contribution is 2.32. The number of halogens is 1. The van der Waals surface area contributed by atoms with Gasteiger partial charge in [0.1, 0.15) is 5.75 Å². The molecule has 2 aromatic carbocycles. The van der Waals surface area contributed by atoms with Gasteiger partial charge in [-0.1, -0.05) is 46.7 Å². The molecule has 0 bridgehead atoms. The van der Waals surface area contributed by atoms with Gasteiger partial charge in [0.15, 0.2) is 11.0 Å². The maximum atomic E-state index is 5.93. The lowest BCUT2D eigenvalue weighted by molar-refractivity contribution is 0.391. The summed E-state index contributed by atoms with van der Waals surface area (Å²) in [4.78, 5) is 4.45. The number of aromatic nitrogens is 5. The van der Waals surface area contributed by atoms with Gasteiger partial charge in [-0.25, -0.2) is 0 Å². The van der Waals surface area contributed by atoms with Crippen LogP contribution < -0.4 is 4.74 Å². The molecule has 0 spiro atoms. The minimum atomic E-state index is 0.460. The summed E-state index contributed by atoms with van der Waals surface area (Å²) in [5.41, 5.74) is 1.71. The Hall–Kier alpha value is -3.10. The number of rotatable bonds is 8. The second kappa shape index (κ2) is 9.15. The van der Waals surface area contributed by atoms with Gasteiger partial charge in [-0.3, -0.25) is 4.57 Å². The molecule has 0 amide bonds. The van der Waals surface area contributed by atoms with Crippen LogP contribution in [0.4, 0.5) is 0 Å². The molecule has 0 saturated carbocycles. The largest absolute Gasteiger partial charge is 0.496 e. The normalized spacial score (nSPS) is 10.9. The van der Waals surface area contributed by atoms with Crippen LogP contribution in [0.1, 0.15) is 5.89 Å². The molecule has 7 nitrogen and oxygen atoms in total. The quantitative estimate of drug-likeness (QED) is 0.278. The number of thioether (sulfide) groups is 1. The van der Waals surface area contributed by atoms with E-state index in [1.54, 1.807) is 25.3 Å². The number of nitrogens with zero attached hydrogens (tertiary/aromatic N) is 5. The van der Waals surface area contributed by atoms with E-state index in [9.17, 15) is 0 Å². The zero-order valence-corrected chi connectivity index (χ0v) is 17.7. The summed E-state index contributed by atoms with van der Waals surface area (Å²) in [6.07, 6.45) is 1.80. The van der Waals surface area contributed by atoms with Gasteiger partial charge in [-0.05, 0) is 36.4 Å². The van der Waals surface area contributed by atoms with Crippen molar-refractivity contribution in [3.05, 3.63) is 72.1 Å². The van der Waals surface area contributed by atoms with Crippen LogP contribution in [0.15, 0.2) is 70.9 Å². The van der Waals surface area contributed by atoms with Crippen LogP contribution in [-0.2, 0) is 12.3 Å². The molecule has 152 valence electrons. The highest BCUT2D eigenvalue weighted by Gasteiger charge is 2.18. The molecule has 0 radical (unpaired) electrons. The predicted octanol–water partition coefficient (Wildman–Crippen LogP) is 5.14. The Morgan fingerprint density at radius 1 is 1.17 bits per heavy atom. The van der Waals surface area contributed by atoms with Crippen molar-refractivity contribution in [3.63, 3.8) is 0 Å². The fourth-order valence-electron chi connectivity index (χ4n) is 2.87. The summed E-state index contributed by atoms with van der Waals surface area (Å²) in [6, 6.07) is 15.0. The van der Waals surface area contributed by atoms with Gasteiger partial charge in [0.2, 0.25) is 11.7 Å². The van der Waals surface area contributed by atoms with E-state index >= 15 is 0 Å². The van der Waals surface area contributed by atoms with Gasteiger partial charge in [-0.2, -0.15) is 4.98 Å². The molecular formula is C21H18ClN5O2S. The molecule has 0 N–H and O–H groups in total. The van der Waals surface area contributed by atoms with Crippen molar-refractivity contribution < 1.29 is 9.26 Å². The van der Waals surface area contributed by atoms with E-state index in [1.165, 1.54) is 11.8 Å². The Morgan fingerprint density at radius 3 is 2.73 bits per heavy atom. The Kier molecular flexibility index (Phi) is 6.15. The Morgan fingerprint density at radius 2 is 1.97 bits per heavy atom. The molecule has 2 aromatic heterocycles. The Bertz CT molecular complexity index is 1160. The summed E-state index contributed by atoms with van der Waals surface area (Å²) in [7, 11) is 1.64. The third-order valence-corrected chi connectivity index (χ3v) is 5.48. The maximum absolute atomic E-state index is 5.93. The average molecular weight is 440 g/mol. The van der Waals surface area contributed by atoms with E-state index in [2.05, 4.69) is 26.9 Å². The molecule has 0 aliphatic rings. The minimum absolute atomic E-state index is 0.460. The van der Waals surface area contributed by atoms with Crippen molar-refractivity contribution in [1.82, 2.24) is 24.9 Å². The molecule has 4 rings (SSSR count). The Labute approximate surface area is 182 Å². The third kappa shape index (κ3) is 4.24. The number of para-hydroxylation sites is 1. The lowest BCUT2D eigenvalue weighted by Crippen LogP contribution is -2.01. The van der Waals surface area contributed by atoms with Gasteiger partial charge < -0.3 is 9.26 Å². The molecule has 0 unspecified atom stereocenters. The zero-order valence-electron chi connectivity index (χ0n) is 16.2. The molecule has 4 aromatic rings. The van der Waals surface area contributed by atoms with Crippen molar-refractivity contribution in [2.24, 2.45) is 0 Å². The summed E-state index contributed by atoms with van der Waals surface area (Å²) >= 11 is 7.39. The first-order chi connectivity index (χ1) is 14.7. The van der Waals surface area contributed by atoms with Gasteiger partial charge >= 0.3 is 0 Å². The lowest BCUT2D eigenvalue weighted by Gasteiger charge is -2.10. The van der Waals surface area contributed by atoms with Crippen molar-refractivity contribution in [3.8, 4) is 28.5 Å². The average Bonchev–Trinajstić information content (AvgIpc) is 3.40. The van der Waals surface area contributed by atoms with E-state index in [0.717, 1.165) is 22.0 Å². The van der Waals surface area contributed by atoms with Crippen LogP contribution in [0.2, 0.25) is 5.02 Å². The number of allylic oxidation sites excluding steroid dienone is 1. The maximum Gasteiger partial charge on any atom is 0.237 e. The topological polar surface area (TPSA) is 78.9 Å².